The summed E-state index contributed by atoms with van der Waals surface area (Å²) in [6.45, 7) is 0. The van der Waals surface area contributed by atoms with Crippen LogP contribution in [-0.4, -0.2) is 34.8 Å². The van der Waals surface area contributed by atoms with Crippen LogP contribution in [-0.2, 0) is 22.7 Å². The molecule has 194 valence electrons. The lowest BCUT2D eigenvalue weighted by molar-refractivity contribution is 0.592. The van der Waals surface area contributed by atoms with E-state index >= 15 is 0 Å². The molecule has 0 atom stereocenters. The predicted molar refractivity (Wildman–Crippen MR) is 155 cm³/mol. The van der Waals surface area contributed by atoms with Crippen molar-refractivity contribution in [2.45, 2.75) is 37.3 Å². The molecular weight excluding hydrogens is 504 g/mol. The van der Waals surface area contributed by atoms with Crippen LogP contribution in [0.5, 0.6) is 0 Å². The number of hydrogen-bond acceptors (Lipinski definition) is 6. The van der Waals surface area contributed by atoms with Gasteiger partial charge in [0.1, 0.15) is 0 Å². The summed E-state index contributed by atoms with van der Waals surface area (Å²) < 4.78 is 23.7. The van der Waals surface area contributed by atoms with Crippen LogP contribution < -0.4 is 0 Å². The van der Waals surface area contributed by atoms with Crippen LogP contribution in [0.1, 0.15) is 41.6 Å². The molecule has 0 saturated carbocycles. The Morgan fingerprint density at radius 3 is 2.36 bits per heavy atom. The molecule has 0 aliphatic heterocycles. The average molecular weight is 533 g/mol. The zero-order valence-electron chi connectivity index (χ0n) is 21.7. The van der Waals surface area contributed by atoms with Crippen molar-refractivity contribution in [1.29, 1.82) is 0 Å². The number of rotatable bonds is 3. The Labute approximate surface area is 228 Å². The fraction of sp³-hybridized carbons (Fsp3) is 0.188. The summed E-state index contributed by atoms with van der Waals surface area (Å²) in [5.74, 6) is 0. The van der Waals surface area contributed by atoms with Gasteiger partial charge in [-0.15, -0.1) is 0 Å². The molecule has 0 spiro atoms. The topological polar surface area (TPSA) is 85.7 Å². The quantitative estimate of drug-likeness (QED) is 0.253. The Balaban J connectivity index is 0.000000231. The summed E-state index contributed by atoms with van der Waals surface area (Å²) in [4.78, 5) is 8.22. The van der Waals surface area contributed by atoms with Crippen molar-refractivity contribution in [3.8, 4) is 0 Å². The Morgan fingerprint density at radius 2 is 1.59 bits per heavy atom. The predicted octanol–water partition coefficient (Wildman–Crippen LogP) is 6.30. The molecule has 7 heteroatoms. The second-order valence-electron chi connectivity index (χ2n) is 9.96. The highest BCUT2D eigenvalue weighted by Crippen LogP contribution is 2.41. The second-order valence-corrected chi connectivity index (χ2v) is 11.9. The summed E-state index contributed by atoms with van der Waals surface area (Å²) >= 11 is 0. The molecule has 2 aliphatic rings. The summed E-state index contributed by atoms with van der Waals surface area (Å²) in [7, 11) is -3.42. The van der Waals surface area contributed by atoms with Crippen molar-refractivity contribution in [3.05, 3.63) is 119 Å². The van der Waals surface area contributed by atoms with E-state index < -0.39 is 9.84 Å². The number of nitrogens with zero attached hydrogens (tertiary/aromatic N) is 4. The Hall–Kier alpha value is -4.23. The number of aromatic nitrogens is 4. The molecule has 0 amide bonds. The van der Waals surface area contributed by atoms with Gasteiger partial charge in [0.05, 0.1) is 12.4 Å². The molecule has 5 aromatic rings. The van der Waals surface area contributed by atoms with Gasteiger partial charge >= 0.3 is 0 Å². The minimum atomic E-state index is -3.42. The number of allylic oxidation sites excluding steroid dienone is 4. The first-order chi connectivity index (χ1) is 19.0. The van der Waals surface area contributed by atoms with Crippen LogP contribution in [0.15, 0.2) is 102 Å². The third-order valence-corrected chi connectivity index (χ3v) is 8.20. The highest BCUT2D eigenvalue weighted by atomic mass is 32.2. The van der Waals surface area contributed by atoms with E-state index in [1.807, 2.05) is 24.3 Å². The lowest BCUT2D eigenvalue weighted by Crippen LogP contribution is -2.09. The van der Waals surface area contributed by atoms with Gasteiger partial charge in [0.15, 0.2) is 0 Å². The molecule has 3 aromatic carbocycles. The molecule has 0 unspecified atom stereocenters. The number of hydrogen-bond donors (Lipinski definition) is 0. The Morgan fingerprint density at radius 1 is 0.821 bits per heavy atom. The van der Waals surface area contributed by atoms with Crippen LogP contribution in [0.2, 0.25) is 0 Å². The van der Waals surface area contributed by atoms with Gasteiger partial charge < -0.3 is 0 Å². The molecule has 0 fully saturated rings. The molecule has 39 heavy (non-hydrogen) atoms. The van der Waals surface area contributed by atoms with E-state index in [0.29, 0.717) is 6.42 Å². The van der Waals surface area contributed by atoms with Crippen LogP contribution in [0.25, 0.3) is 27.1 Å². The first-order valence-electron chi connectivity index (χ1n) is 13.1. The van der Waals surface area contributed by atoms with Crippen LogP contribution >= 0.6 is 0 Å². The molecule has 0 radical (unpaired) electrons. The summed E-state index contributed by atoms with van der Waals surface area (Å²) in [5.41, 5.74) is 7.63. The Bertz CT molecular complexity index is 1810. The zero-order valence-corrected chi connectivity index (χ0v) is 22.5. The van der Waals surface area contributed by atoms with Crippen LogP contribution in [0, 0.1) is 0 Å². The molecule has 2 heterocycles. The lowest BCUT2D eigenvalue weighted by atomic mass is 9.78. The third kappa shape index (κ3) is 5.22. The molecule has 0 bridgehead atoms. The van der Waals surface area contributed by atoms with E-state index in [1.165, 1.54) is 45.7 Å². The highest BCUT2D eigenvalue weighted by Gasteiger charge is 2.22. The van der Waals surface area contributed by atoms with Crippen molar-refractivity contribution in [2.24, 2.45) is 0 Å². The number of aryl methyl sites for hydroxylation is 1. The molecule has 2 aromatic heterocycles. The summed E-state index contributed by atoms with van der Waals surface area (Å²) in [6, 6.07) is 20.6. The molecule has 0 N–H and O–H groups in total. The largest absolute Gasteiger partial charge is 0.246 e. The molecule has 0 saturated heterocycles. The maximum atomic E-state index is 11.8. The van der Waals surface area contributed by atoms with Gasteiger partial charge in [-0.2, -0.15) is 10.2 Å². The van der Waals surface area contributed by atoms with E-state index in [2.05, 4.69) is 62.6 Å². The average Bonchev–Trinajstić information content (AvgIpc) is 2.97. The fourth-order valence-electron chi connectivity index (χ4n) is 5.51. The van der Waals surface area contributed by atoms with E-state index in [-0.39, 0.29) is 5.16 Å². The van der Waals surface area contributed by atoms with E-state index in [4.69, 9.17) is 0 Å². The third-order valence-electron chi connectivity index (χ3n) is 7.34. The maximum absolute atomic E-state index is 11.8. The smallest absolute Gasteiger partial charge is 0.227 e. The molecule has 7 rings (SSSR count). The number of benzene rings is 3. The highest BCUT2D eigenvalue weighted by molar-refractivity contribution is 7.90. The van der Waals surface area contributed by atoms with Gasteiger partial charge in [-0.05, 0) is 64.8 Å². The fourth-order valence-corrected chi connectivity index (χ4v) is 6.04. The first kappa shape index (κ1) is 25.1. The van der Waals surface area contributed by atoms with Crippen molar-refractivity contribution in [1.82, 2.24) is 20.2 Å². The van der Waals surface area contributed by atoms with E-state index in [0.717, 1.165) is 42.0 Å². The monoisotopic (exact) mass is 532 g/mol. The maximum Gasteiger partial charge on any atom is 0.246 e. The minimum absolute atomic E-state index is 0.112. The van der Waals surface area contributed by atoms with Crippen molar-refractivity contribution < 1.29 is 8.42 Å². The van der Waals surface area contributed by atoms with Gasteiger partial charge in [-0.25, -0.2) is 18.4 Å². The molecule has 6 nitrogen and oxygen atoms in total. The van der Waals surface area contributed by atoms with Gasteiger partial charge in [0.2, 0.25) is 15.0 Å². The van der Waals surface area contributed by atoms with Crippen molar-refractivity contribution in [2.75, 3.05) is 6.26 Å². The lowest BCUT2D eigenvalue weighted by Gasteiger charge is -2.26. The second kappa shape index (κ2) is 10.5. The summed E-state index contributed by atoms with van der Waals surface area (Å²) in [6.07, 6.45) is 15.8. The van der Waals surface area contributed by atoms with Gasteiger partial charge in [-0.3, -0.25) is 0 Å². The minimum Gasteiger partial charge on any atom is -0.227 e. The van der Waals surface area contributed by atoms with Gasteiger partial charge in [0, 0.05) is 35.3 Å². The normalized spacial score (nSPS) is 14.5. The number of fused-ring (bicyclic) bond motifs is 5. The van der Waals surface area contributed by atoms with Crippen molar-refractivity contribution in [3.63, 3.8) is 0 Å². The summed E-state index contributed by atoms with van der Waals surface area (Å²) in [5, 5.41) is 12.2. The van der Waals surface area contributed by atoms with Gasteiger partial charge in [-0.1, -0.05) is 72.3 Å². The van der Waals surface area contributed by atoms with Crippen LogP contribution in [0.3, 0.4) is 0 Å². The van der Waals surface area contributed by atoms with Crippen LogP contribution in [0.4, 0.5) is 0 Å². The first-order valence-corrected chi connectivity index (χ1v) is 15.0. The van der Waals surface area contributed by atoms with Crippen molar-refractivity contribution >= 4 is 37.0 Å². The van der Waals surface area contributed by atoms with Gasteiger partial charge in [0.25, 0.3) is 0 Å². The number of sulfone groups is 1. The molecule has 2 aliphatic carbocycles. The zero-order chi connectivity index (χ0) is 26.8. The molecular formula is C32H28N4O2S. The van der Waals surface area contributed by atoms with E-state index in [1.54, 1.807) is 24.0 Å². The van der Waals surface area contributed by atoms with E-state index in [9.17, 15) is 8.42 Å². The SMILES string of the molecule is CS(=O)(=O)c1nccc(Cc2cccc3ccc4c(c23)CCC2=C4C=CCC2)n1.c1ccc2cnncc2c1. The standard InChI is InChI=1S/C24H22N2O2S.C8H6N2/c1-29(27,28)24-25-14-13-19(26-24)15-18-7-4-6-17-10-11-21-20-8-3-2-5-16(20)9-12-22(21)23(17)18;1-2-4-8-6-10-9-5-7(8)3-1/h3-4,6-8,10-11,13-14H,2,5,9,12,15H2,1H3;1-6H. The Kier molecular flexibility index (Phi) is 6.75.